The molecule has 1 fully saturated rings. The molecule has 1 radical (unpaired) electrons. The number of amides is 2. The van der Waals surface area contributed by atoms with E-state index in [0.717, 1.165) is 22.3 Å². The van der Waals surface area contributed by atoms with Crippen molar-refractivity contribution in [2.45, 2.75) is 97.1 Å². The zero-order chi connectivity index (χ0) is 32.5. The number of phenols is 2. The van der Waals surface area contributed by atoms with E-state index in [1.807, 2.05) is 34.7 Å². The van der Waals surface area contributed by atoms with E-state index in [0.29, 0.717) is 47.5 Å². The second-order valence-electron chi connectivity index (χ2n) is 13.5. The maximum atomic E-state index is 13.4. The molecule has 1 unspecified atom stereocenters. The number of carbonyl (C=O) groups is 2. The summed E-state index contributed by atoms with van der Waals surface area (Å²) in [6, 6.07) is 2.08. The second-order valence-corrected chi connectivity index (χ2v) is 13.5. The largest absolute Gasteiger partial charge is 0.507 e. The minimum absolute atomic E-state index is 0. The van der Waals surface area contributed by atoms with Crippen molar-refractivity contribution in [3.63, 3.8) is 0 Å². The number of nitriles is 1. The summed E-state index contributed by atoms with van der Waals surface area (Å²) in [6.45, 7) is 11.4. The van der Waals surface area contributed by atoms with Crippen molar-refractivity contribution < 1.29 is 73.3 Å². The van der Waals surface area contributed by atoms with Gasteiger partial charge in [-0.2, -0.15) is 5.26 Å². The van der Waals surface area contributed by atoms with Gasteiger partial charge in [0, 0.05) is 91.4 Å². The van der Waals surface area contributed by atoms with Crippen LogP contribution in [0.1, 0.15) is 78.2 Å². The molecule has 2 aromatic rings. The minimum atomic E-state index is -0.763. The summed E-state index contributed by atoms with van der Waals surface area (Å²) in [6.07, 6.45) is 1.30. The number of hydrogen-bond donors (Lipinski definition) is 4. The summed E-state index contributed by atoms with van der Waals surface area (Å²) in [5.41, 5.74) is 5.69. The number of likely N-dealkylation sites (N-methyl/N-ethyl adjacent to an activating group) is 1. The SMILES string of the molecule is Cc1cc2c(c(O)c1C)[C@@H]1C3Cc4c(O)c(C)c5c(c4[C@H](CNC(=O)[C@@H](C)NC(=O)CC(C)C)N3[C@@H](C#N)[C@H](C2)N1C)OCO5.[Ac]. The number of piperazine rings is 1. The molecule has 2 bridgehead atoms. The first-order valence-corrected chi connectivity index (χ1v) is 15.8. The molecule has 2 aromatic carbocycles. The van der Waals surface area contributed by atoms with Gasteiger partial charge >= 0.3 is 0 Å². The maximum Gasteiger partial charge on any atom is 0.242 e. The molecule has 4 N–H and O–H groups in total. The molecule has 0 aromatic heterocycles. The molecule has 4 aliphatic heterocycles. The van der Waals surface area contributed by atoms with Gasteiger partial charge in [0.1, 0.15) is 23.6 Å². The summed E-state index contributed by atoms with van der Waals surface area (Å²) >= 11 is 0. The fraction of sp³-hybridized carbons (Fsp3) is 0.559. The molecule has 0 spiro atoms. The van der Waals surface area contributed by atoms with Gasteiger partial charge in [-0.1, -0.05) is 19.9 Å². The zero-order valence-corrected chi connectivity index (χ0v) is 32.3. The van der Waals surface area contributed by atoms with Crippen molar-refractivity contribution >= 4 is 11.8 Å². The van der Waals surface area contributed by atoms with Crippen LogP contribution in [0.2, 0.25) is 0 Å². The topological polar surface area (TPSA) is 147 Å². The van der Waals surface area contributed by atoms with E-state index in [9.17, 15) is 25.1 Å². The zero-order valence-electron chi connectivity index (χ0n) is 27.6. The van der Waals surface area contributed by atoms with Crippen molar-refractivity contribution in [2.24, 2.45) is 5.92 Å². The van der Waals surface area contributed by atoms with Crippen molar-refractivity contribution in [1.29, 1.82) is 5.26 Å². The fourth-order valence-electron chi connectivity index (χ4n) is 7.99. The quantitative estimate of drug-likeness (QED) is 0.345. The monoisotopic (exact) mass is 844 g/mol. The molecule has 0 aliphatic carbocycles. The smallest absolute Gasteiger partial charge is 0.242 e. The third kappa shape index (κ3) is 5.55. The predicted molar refractivity (Wildman–Crippen MR) is 166 cm³/mol. The van der Waals surface area contributed by atoms with Gasteiger partial charge in [-0.05, 0) is 70.2 Å². The Balaban J connectivity index is 0.00000417. The molecular weight excluding hydrogens is 801 g/mol. The third-order valence-electron chi connectivity index (χ3n) is 10.3. The maximum absolute atomic E-state index is 13.4. The number of rotatable bonds is 6. The van der Waals surface area contributed by atoms with Gasteiger partial charge in [-0.3, -0.25) is 19.4 Å². The Hall–Kier alpha value is -2.57. The van der Waals surface area contributed by atoms with Crippen LogP contribution >= 0.6 is 0 Å². The van der Waals surface area contributed by atoms with Crippen LogP contribution in [0, 0.1) is 82.1 Å². The summed E-state index contributed by atoms with van der Waals surface area (Å²) in [5, 5.41) is 39.7. The summed E-state index contributed by atoms with van der Waals surface area (Å²) < 4.78 is 11.8. The Morgan fingerprint density at radius 3 is 2.41 bits per heavy atom. The Morgan fingerprint density at radius 2 is 1.74 bits per heavy atom. The Labute approximate surface area is 306 Å². The van der Waals surface area contributed by atoms with Crippen LogP contribution in [0.25, 0.3) is 0 Å². The average Bonchev–Trinajstić information content (AvgIpc) is 3.47. The number of phenolic OH excluding ortho intramolecular Hbond substituents is 2. The van der Waals surface area contributed by atoms with Gasteiger partial charge in [0.25, 0.3) is 0 Å². The van der Waals surface area contributed by atoms with Gasteiger partial charge in [0.2, 0.25) is 18.6 Å². The van der Waals surface area contributed by atoms with Crippen molar-refractivity contribution in [2.75, 3.05) is 20.4 Å². The normalized spacial score (nSPS) is 25.0. The predicted octanol–water partition coefficient (Wildman–Crippen LogP) is 3.19. The summed E-state index contributed by atoms with van der Waals surface area (Å²) in [7, 11) is 2.01. The Morgan fingerprint density at radius 1 is 1.04 bits per heavy atom. The van der Waals surface area contributed by atoms with Gasteiger partial charge in [0.15, 0.2) is 11.5 Å². The molecule has 4 heterocycles. The minimum Gasteiger partial charge on any atom is -0.507 e. The summed E-state index contributed by atoms with van der Waals surface area (Å²) in [4.78, 5) is 30.1. The molecule has 46 heavy (non-hydrogen) atoms. The van der Waals surface area contributed by atoms with Crippen LogP contribution in [-0.4, -0.2) is 76.4 Å². The number of nitrogens with zero attached hydrogens (tertiary/aromatic N) is 3. The Kier molecular flexibility index (Phi) is 9.93. The van der Waals surface area contributed by atoms with E-state index in [1.54, 1.807) is 13.8 Å². The molecule has 11 nitrogen and oxygen atoms in total. The molecule has 6 rings (SSSR count). The van der Waals surface area contributed by atoms with E-state index in [4.69, 9.17) is 9.47 Å². The molecule has 0 saturated carbocycles. The van der Waals surface area contributed by atoms with Crippen LogP contribution in [0.5, 0.6) is 23.0 Å². The molecule has 12 heteroatoms. The van der Waals surface area contributed by atoms with E-state index in [2.05, 4.69) is 32.6 Å². The Bertz CT molecular complexity index is 1620. The number of aryl methyl sites for hydroxylation is 1. The first kappa shape index (κ1) is 34.8. The van der Waals surface area contributed by atoms with Crippen molar-refractivity contribution in [3.05, 3.63) is 45.0 Å². The number of fused-ring (bicyclic) bond motifs is 9. The molecule has 243 valence electrons. The van der Waals surface area contributed by atoms with Crippen LogP contribution < -0.4 is 20.1 Å². The van der Waals surface area contributed by atoms with E-state index >= 15 is 0 Å². The third-order valence-corrected chi connectivity index (χ3v) is 10.3. The molecule has 6 atom stereocenters. The van der Waals surface area contributed by atoms with E-state index in [1.165, 1.54) is 0 Å². The number of ether oxygens (including phenoxy) is 2. The van der Waals surface area contributed by atoms with Crippen molar-refractivity contribution in [1.82, 2.24) is 20.4 Å². The molecule has 1 saturated heterocycles. The number of carbonyl (C=O) groups excluding carboxylic acids is 2. The van der Waals surface area contributed by atoms with Crippen LogP contribution in [0.4, 0.5) is 0 Å². The van der Waals surface area contributed by atoms with Gasteiger partial charge in [-0.25, -0.2) is 0 Å². The van der Waals surface area contributed by atoms with Crippen molar-refractivity contribution in [3.8, 4) is 29.1 Å². The molecule has 2 amide bonds. The van der Waals surface area contributed by atoms with Gasteiger partial charge in [-0.15, -0.1) is 0 Å². The number of hydrogen-bond acceptors (Lipinski definition) is 9. The molecular formula is C34H43AcN5O6. The first-order valence-electron chi connectivity index (χ1n) is 15.8. The van der Waals surface area contributed by atoms with Crippen LogP contribution in [-0.2, 0) is 22.4 Å². The molecule has 4 aliphatic rings. The summed E-state index contributed by atoms with van der Waals surface area (Å²) in [5.74, 6) is 0.978. The first-order chi connectivity index (χ1) is 21.3. The van der Waals surface area contributed by atoms with Gasteiger partial charge < -0.3 is 30.3 Å². The van der Waals surface area contributed by atoms with E-state index in [-0.39, 0.29) is 105 Å². The van der Waals surface area contributed by atoms with Crippen LogP contribution in [0.15, 0.2) is 6.07 Å². The second kappa shape index (κ2) is 13.1. The average molecular weight is 845 g/mol. The number of benzene rings is 2. The van der Waals surface area contributed by atoms with E-state index < -0.39 is 18.1 Å². The van der Waals surface area contributed by atoms with Gasteiger partial charge in [0.05, 0.1) is 18.2 Å². The number of nitrogens with one attached hydrogen (secondary N) is 2. The standard InChI is InChI=1S/C34H43N5O6.Ac/c1-15(2)8-26(40)37-19(6)34(43)36-13-25-28-21(30(41)18(5)32-33(28)45-14-44-32)11-23-29-27-20(9-16(3)17(4)31(27)42)10-22(38(29)7)24(12-35)39(23)25;/h9,15,19,22-25,29,41-42H,8,10-11,13-14H2,1-7H3,(H,36,43)(H,37,40);/t19-,22+,23?,24+,25+,29+;/m1./s1. The van der Waals surface area contributed by atoms with Crippen LogP contribution in [0.3, 0.4) is 0 Å². The number of aromatic hydroxyl groups is 2. The fourth-order valence-corrected chi connectivity index (χ4v) is 7.99.